The standard InChI is InChI=1S/C20H26N4O4/c1-14-12-18(19(25)22-13-17-4-3-10-27-17)24-20(23-14)21-9-11-28-16-7-5-15(26-2)6-8-16/h5-8,12,17H,3-4,9-11,13H2,1-2H3,(H,22,25)(H,21,23,24). The third-order valence-electron chi connectivity index (χ3n) is 4.31. The van der Waals surface area contributed by atoms with Crippen molar-refractivity contribution in [3.8, 4) is 11.5 Å². The summed E-state index contributed by atoms with van der Waals surface area (Å²) < 4.78 is 16.3. The van der Waals surface area contributed by atoms with E-state index in [1.807, 2.05) is 31.2 Å². The Kier molecular flexibility index (Phi) is 7.02. The van der Waals surface area contributed by atoms with Gasteiger partial charge in [-0.1, -0.05) is 0 Å². The van der Waals surface area contributed by atoms with Gasteiger partial charge in [-0.05, 0) is 50.1 Å². The molecule has 1 atom stereocenters. The number of ether oxygens (including phenoxy) is 3. The molecule has 1 aliphatic rings. The van der Waals surface area contributed by atoms with Gasteiger partial charge < -0.3 is 24.8 Å². The van der Waals surface area contributed by atoms with Crippen LogP contribution >= 0.6 is 0 Å². The molecule has 0 aliphatic carbocycles. The van der Waals surface area contributed by atoms with Crippen molar-refractivity contribution >= 4 is 11.9 Å². The van der Waals surface area contributed by atoms with Crippen molar-refractivity contribution in [2.45, 2.75) is 25.9 Å². The van der Waals surface area contributed by atoms with E-state index in [1.165, 1.54) is 0 Å². The van der Waals surface area contributed by atoms with Crippen molar-refractivity contribution in [2.75, 3.05) is 38.7 Å². The van der Waals surface area contributed by atoms with Gasteiger partial charge in [-0.25, -0.2) is 9.97 Å². The lowest BCUT2D eigenvalue weighted by Gasteiger charge is -2.12. The molecule has 3 rings (SSSR count). The summed E-state index contributed by atoms with van der Waals surface area (Å²) in [7, 11) is 1.62. The second-order valence-corrected chi connectivity index (χ2v) is 6.51. The molecule has 28 heavy (non-hydrogen) atoms. The Morgan fingerprint density at radius 2 is 2.04 bits per heavy atom. The van der Waals surface area contributed by atoms with E-state index in [-0.39, 0.29) is 12.0 Å². The van der Waals surface area contributed by atoms with E-state index < -0.39 is 0 Å². The van der Waals surface area contributed by atoms with Gasteiger partial charge in [-0.3, -0.25) is 4.79 Å². The largest absolute Gasteiger partial charge is 0.497 e. The van der Waals surface area contributed by atoms with Crippen molar-refractivity contribution in [1.29, 1.82) is 0 Å². The number of nitrogens with zero attached hydrogens (tertiary/aromatic N) is 2. The van der Waals surface area contributed by atoms with Crippen molar-refractivity contribution < 1.29 is 19.0 Å². The minimum Gasteiger partial charge on any atom is -0.497 e. The third-order valence-corrected chi connectivity index (χ3v) is 4.31. The molecule has 2 aromatic rings. The van der Waals surface area contributed by atoms with E-state index in [2.05, 4.69) is 20.6 Å². The molecule has 8 nitrogen and oxygen atoms in total. The molecule has 2 heterocycles. The van der Waals surface area contributed by atoms with Crippen LogP contribution in [0.15, 0.2) is 30.3 Å². The number of carbonyl (C=O) groups excluding carboxylic acids is 1. The third kappa shape index (κ3) is 5.82. The highest BCUT2D eigenvalue weighted by Gasteiger charge is 2.17. The molecule has 0 radical (unpaired) electrons. The van der Waals surface area contributed by atoms with Crippen molar-refractivity contribution in [3.63, 3.8) is 0 Å². The first-order chi connectivity index (χ1) is 13.6. The number of aromatic nitrogens is 2. The summed E-state index contributed by atoms with van der Waals surface area (Å²) in [6.45, 7) is 4.04. The Balaban J connectivity index is 1.47. The zero-order valence-corrected chi connectivity index (χ0v) is 16.2. The minimum atomic E-state index is -0.224. The number of amides is 1. The Labute approximate surface area is 164 Å². The van der Waals surface area contributed by atoms with E-state index in [4.69, 9.17) is 14.2 Å². The maximum absolute atomic E-state index is 12.4. The highest BCUT2D eigenvalue weighted by Crippen LogP contribution is 2.17. The van der Waals surface area contributed by atoms with E-state index in [9.17, 15) is 4.79 Å². The molecule has 1 aliphatic heterocycles. The highest BCUT2D eigenvalue weighted by atomic mass is 16.5. The van der Waals surface area contributed by atoms with Crippen LogP contribution in [0.3, 0.4) is 0 Å². The Hall–Kier alpha value is -2.87. The van der Waals surface area contributed by atoms with Crippen LogP contribution in [0.5, 0.6) is 11.5 Å². The molecule has 1 aromatic carbocycles. The first-order valence-electron chi connectivity index (χ1n) is 9.40. The maximum atomic E-state index is 12.4. The molecule has 1 amide bonds. The molecule has 1 saturated heterocycles. The van der Waals surface area contributed by atoms with Crippen LogP contribution in [-0.2, 0) is 4.74 Å². The van der Waals surface area contributed by atoms with E-state index in [0.717, 1.165) is 36.6 Å². The molecule has 0 spiro atoms. The van der Waals surface area contributed by atoms with Gasteiger partial charge in [-0.2, -0.15) is 0 Å². The van der Waals surface area contributed by atoms with Gasteiger partial charge in [0.25, 0.3) is 5.91 Å². The summed E-state index contributed by atoms with van der Waals surface area (Å²) in [4.78, 5) is 21.0. The fourth-order valence-electron chi connectivity index (χ4n) is 2.87. The predicted molar refractivity (Wildman–Crippen MR) is 105 cm³/mol. The van der Waals surface area contributed by atoms with Gasteiger partial charge in [0.05, 0.1) is 19.8 Å². The summed E-state index contributed by atoms with van der Waals surface area (Å²) in [5.74, 6) is 1.71. The average molecular weight is 386 g/mol. The second kappa shape index (κ2) is 9.89. The summed E-state index contributed by atoms with van der Waals surface area (Å²) in [5, 5.41) is 5.97. The smallest absolute Gasteiger partial charge is 0.270 e. The molecule has 1 fully saturated rings. The number of methoxy groups -OCH3 is 1. The molecule has 0 saturated carbocycles. The topological polar surface area (TPSA) is 94.6 Å². The average Bonchev–Trinajstić information content (AvgIpc) is 3.23. The SMILES string of the molecule is COc1ccc(OCCNc2nc(C)cc(C(=O)NCC3CCCO3)n2)cc1. The van der Waals surface area contributed by atoms with Gasteiger partial charge in [0.1, 0.15) is 23.8 Å². The Morgan fingerprint density at radius 1 is 1.25 bits per heavy atom. The number of rotatable bonds is 9. The first kappa shape index (κ1) is 19.9. The van der Waals surface area contributed by atoms with Gasteiger partial charge >= 0.3 is 0 Å². The molecule has 150 valence electrons. The lowest BCUT2D eigenvalue weighted by molar-refractivity contribution is 0.0853. The zero-order chi connectivity index (χ0) is 19.8. The summed E-state index contributed by atoms with van der Waals surface area (Å²) in [6, 6.07) is 9.04. The maximum Gasteiger partial charge on any atom is 0.270 e. The van der Waals surface area contributed by atoms with Gasteiger partial charge in [-0.15, -0.1) is 0 Å². The molecule has 0 bridgehead atoms. The lowest BCUT2D eigenvalue weighted by Crippen LogP contribution is -2.32. The van der Waals surface area contributed by atoms with Crippen LogP contribution in [0.25, 0.3) is 0 Å². The molecular weight excluding hydrogens is 360 g/mol. The lowest BCUT2D eigenvalue weighted by atomic mass is 10.2. The predicted octanol–water partition coefficient (Wildman–Crippen LogP) is 2.19. The Morgan fingerprint density at radius 3 is 2.75 bits per heavy atom. The van der Waals surface area contributed by atoms with Crippen molar-refractivity contribution in [1.82, 2.24) is 15.3 Å². The fraction of sp³-hybridized carbons (Fsp3) is 0.450. The number of nitrogens with one attached hydrogen (secondary N) is 2. The molecule has 8 heteroatoms. The zero-order valence-electron chi connectivity index (χ0n) is 16.2. The summed E-state index contributed by atoms with van der Waals surface area (Å²) >= 11 is 0. The number of anilines is 1. The van der Waals surface area contributed by atoms with Gasteiger partial charge in [0.15, 0.2) is 0 Å². The number of hydrogen-bond acceptors (Lipinski definition) is 7. The number of carbonyl (C=O) groups is 1. The van der Waals surface area contributed by atoms with Crippen LogP contribution in [0.4, 0.5) is 5.95 Å². The number of benzene rings is 1. The minimum absolute atomic E-state index is 0.0968. The van der Waals surface area contributed by atoms with E-state index >= 15 is 0 Å². The molecule has 2 N–H and O–H groups in total. The quantitative estimate of drug-likeness (QED) is 0.638. The molecular formula is C20H26N4O4. The van der Waals surface area contributed by atoms with Crippen molar-refractivity contribution in [3.05, 3.63) is 41.7 Å². The Bertz CT molecular complexity index is 776. The normalized spacial score (nSPS) is 15.9. The fourth-order valence-corrected chi connectivity index (χ4v) is 2.87. The monoisotopic (exact) mass is 386 g/mol. The van der Waals surface area contributed by atoms with E-state index in [0.29, 0.717) is 31.3 Å². The molecule has 1 unspecified atom stereocenters. The summed E-state index contributed by atoms with van der Waals surface area (Å²) in [6.07, 6.45) is 2.11. The number of aryl methyl sites for hydroxylation is 1. The molecule has 1 aromatic heterocycles. The number of hydrogen-bond donors (Lipinski definition) is 2. The van der Waals surface area contributed by atoms with Crippen LogP contribution in [-0.4, -0.2) is 55.4 Å². The van der Waals surface area contributed by atoms with Crippen LogP contribution < -0.4 is 20.1 Å². The van der Waals surface area contributed by atoms with Crippen molar-refractivity contribution in [2.24, 2.45) is 0 Å². The summed E-state index contributed by atoms with van der Waals surface area (Å²) in [5.41, 5.74) is 1.06. The van der Waals surface area contributed by atoms with Gasteiger partial charge in [0.2, 0.25) is 5.95 Å². The highest BCUT2D eigenvalue weighted by molar-refractivity contribution is 5.92. The van der Waals surface area contributed by atoms with Crippen LogP contribution in [0, 0.1) is 6.92 Å². The second-order valence-electron chi connectivity index (χ2n) is 6.51. The van der Waals surface area contributed by atoms with Crippen LogP contribution in [0.2, 0.25) is 0 Å². The van der Waals surface area contributed by atoms with Crippen LogP contribution in [0.1, 0.15) is 29.0 Å². The van der Waals surface area contributed by atoms with Gasteiger partial charge in [0, 0.05) is 18.8 Å². The first-order valence-corrected chi connectivity index (χ1v) is 9.40. The van der Waals surface area contributed by atoms with E-state index in [1.54, 1.807) is 13.2 Å².